The number of rotatable bonds is 4. The minimum absolute atomic E-state index is 0.00320. The molecule has 1 atom stereocenters. The molecule has 1 fully saturated rings. The monoisotopic (exact) mass is 590 g/mol. The van der Waals surface area contributed by atoms with Crippen LogP contribution in [-0.4, -0.2) is 30.2 Å². The summed E-state index contributed by atoms with van der Waals surface area (Å²) in [6, 6.07) is 11.6. The van der Waals surface area contributed by atoms with Gasteiger partial charge in [-0.25, -0.2) is 4.90 Å². The molecule has 0 aliphatic carbocycles. The van der Waals surface area contributed by atoms with Crippen molar-refractivity contribution < 1.29 is 23.9 Å². The quantitative estimate of drug-likeness (QED) is 0.111. The fraction of sp³-hybridized carbons (Fsp3) is 0.185. The summed E-state index contributed by atoms with van der Waals surface area (Å²) in [5, 5.41) is -0.634. The van der Waals surface area contributed by atoms with Crippen molar-refractivity contribution in [2.45, 2.75) is 20.3 Å². The summed E-state index contributed by atoms with van der Waals surface area (Å²) in [7, 11) is 0. The number of amides is 3. The number of nitrogens with zero attached hydrogens (tertiary/aromatic N) is 2. The highest BCUT2D eigenvalue weighted by molar-refractivity contribution is 6.56. The summed E-state index contributed by atoms with van der Waals surface area (Å²) in [6.45, 7) is 4.00. The van der Waals surface area contributed by atoms with E-state index >= 15 is 0 Å². The third kappa shape index (κ3) is 4.24. The zero-order valence-corrected chi connectivity index (χ0v) is 23.0. The Morgan fingerprint density at radius 2 is 1.39 bits per heavy atom. The number of imide groups is 1. The van der Waals surface area contributed by atoms with E-state index in [4.69, 9.17) is 51.1 Å². The third-order valence-corrected chi connectivity index (χ3v) is 8.37. The van der Waals surface area contributed by atoms with Crippen molar-refractivity contribution >= 4 is 81.5 Å². The molecule has 2 heterocycles. The summed E-state index contributed by atoms with van der Waals surface area (Å²) in [5.74, 6) is -2.86. The Balaban J connectivity index is 1.38. The van der Waals surface area contributed by atoms with Crippen molar-refractivity contribution in [2.24, 2.45) is 5.92 Å². The summed E-state index contributed by atoms with van der Waals surface area (Å²) in [4.78, 5) is 54.5. The van der Waals surface area contributed by atoms with Gasteiger partial charge in [-0.2, -0.15) is 0 Å². The first kappa shape index (κ1) is 26.5. The van der Waals surface area contributed by atoms with Gasteiger partial charge >= 0.3 is 5.97 Å². The van der Waals surface area contributed by atoms with Gasteiger partial charge in [0.25, 0.3) is 11.8 Å². The normalized spacial score (nSPS) is 16.9. The maximum Gasteiger partial charge on any atom is 0.316 e. The molecule has 1 saturated heterocycles. The van der Waals surface area contributed by atoms with E-state index in [0.29, 0.717) is 0 Å². The summed E-state index contributed by atoms with van der Waals surface area (Å²) < 4.78 is 5.56. The number of esters is 1. The third-order valence-electron chi connectivity index (χ3n) is 6.56. The number of para-hydroxylation sites is 1. The Morgan fingerprint density at radius 3 is 1.97 bits per heavy atom. The van der Waals surface area contributed by atoms with Gasteiger partial charge in [-0.1, -0.05) is 70.7 Å². The van der Waals surface area contributed by atoms with Gasteiger partial charge in [0.2, 0.25) is 5.91 Å². The lowest BCUT2D eigenvalue weighted by Gasteiger charge is -2.21. The highest BCUT2D eigenvalue weighted by atomic mass is 35.5. The molecule has 7 nitrogen and oxygen atoms in total. The van der Waals surface area contributed by atoms with Crippen LogP contribution in [0, 0.1) is 19.8 Å². The minimum Gasteiger partial charge on any atom is -0.426 e. The van der Waals surface area contributed by atoms with Crippen molar-refractivity contribution in [2.75, 3.05) is 16.3 Å². The average molecular weight is 592 g/mol. The zero-order valence-electron chi connectivity index (χ0n) is 20.0. The molecule has 38 heavy (non-hydrogen) atoms. The molecule has 3 aromatic carbocycles. The van der Waals surface area contributed by atoms with E-state index in [2.05, 4.69) is 0 Å². The molecule has 194 valence electrons. The van der Waals surface area contributed by atoms with E-state index in [1.165, 1.54) is 24.3 Å². The lowest BCUT2D eigenvalue weighted by atomic mass is 10.1. The number of fused-ring (bicyclic) bond motifs is 1. The molecule has 5 rings (SSSR count). The maximum absolute atomic E-state index is 13.2. The van der Waals surface area contributed by atoms with Gasteiger partial charge < -0.3 is 9.64 Å². The molecule has 0 spiro atoms. The van der Waals surface area contributed by atoms with Crippen LogP contribution in [0.4, 0.5) is 11.4 Å². The Morgan fingerprint density at radius 1 is 0.842 bits per heavy atom. The molecule has 3 aromatic rings. The molecular formula is C27H18Cl4N2O5. The molecule has 2 aliphatic heterocycles. The van der Waals surface area contributed by atoms with Crippen LogP contribution in [-0.2, 0) is 9.59 Å². The molecular weight excluding hydrogens is 574 g/mol. The summed E-state index contributed by atoms with van der Waals surface area (Å²) in [6.07, 6.45) is 0.00320. The molecule has 0 bridgehead atoms. The largest absolute Gasteiger partial charge is 0.426 e. The van der Waals surface area contributed by atoms with Crippen LogP contribution >= 0.6 is 46.4 Å². The van der Waals surface area contributed by atoms with Gasteiger partial charge in [0.05, 0.1) is 42.8 Å². The molecule has 0 radical (unpaired) electrons. The van der Waals surface area contributed by atoms with E-state index < -0.39 is 23.7 Å². The van der Waals surface area contributed by atoms with Gasteiger partial charge in [-0.15, -0.1) is 0 Å². The van der Waals surface area contributed by atoms with Crippen LogP contribution in [0.3, 0.4) is 0 Å². The van der Waals surface area contributed by atoms with E-state index in [1.54, 1.807) is 4.90 Å². The average Bonchev–Trinajstić information content (AvgIpc) is 3.38. The highest BCUT2D eigenvalue weighted by Gasteiger charge is 2.43. The number of carbonyl (C=O) groups excluding carboxylic acids is 4. The standard InChI is InChI=1S/C27H18Cl4N2O5/c1-12-5-3-6-13(2)24(12)32-11-14(9-17(32)34)27(37)38-16-8-4-7-15(10-16)33-25(35)18-19(26(33)36)21(29)23(31)22(30)20(18)28/h3-8,10,14H,9,11H2,1-2H3/t14-/m0/s1. The van der Waals surface area contributed by atoms with Gasteiger partial charge in [0, 0.05) is 24.7 Å². The predicted molar refractivity (Wildman–Crippen MR) is 146 cm³/mol. The van der Waals surface area contributed by atoms with Crippen molar-refractivity contribution in [3.8, 4) is 5.75 Å². The van der Waals surface area contributed by atoms with Crippen LogP contribution in [0.1, 0.15) is 38.3 Å². The van der Waals surface area contributed by atoms with Gasteiger partial charge in [-0.05, 0) is 37.1 Å². The number of ether oxygens (including phenoxy) is 1. The van der Waals surface area contributed by atoms with Gasteiger partial charge in [0.1, 0.15) is 5.75 Å². The second-order valence-electron chi connectivity index (χ2n) is 9.02. The highest BCUT2D eigenvalue weighted by Crippen LogP contribution is 2.46. The first-order valence-corrected chi connectivity index (χ1v) is 13.0. The molecule has 0 saturated carbocycles. The van der Waals surface area contributed by atoms with Crippen molar-refractivity contribution in [3.05, 3.63) is 84.8 Å². The Labute approximate surface area is 237 Å². The SMILES string of the molecule is Cc1cccc(C)c1N1C[C@@H](C(=O)Oc2cccc(N3C(=O)c4c(Cl)c(Cl)c(Cl)c(Cl)c4C3=O)c2)CC1=O. The van der Waals surface area contributed by atoms with Crippen molar-refractivity contribution in [1.82, 2.24) is 0 Å². The number of hydrogen-bond donors (Lipinski definition) is 0. The molecule has 0 unspecified atom stereocenters. The maximum atomic E-state index is 13.2. The number of halogens is 4. The molecule has 2 aliphatic rings. The molecule has 3 amide bonds. The molecule has 0 N–H and O–H groups in total. The van der Waals surface area contributed by atoms with Crippen LogP contribution in [0.25, 0.3) is 0 Å². The summed E-state index contributed by atoms with van der Waals surface area (Å²) in [5.41, 5.74) is 2.47. The molecule has 11 heteroatoms. The smallest absolute Gasteiger partial charge is 0.316 e. The van der Waals surface area contributed by atoms with Crippen LogP contribution < -0.4 is 14.5 Å². The van der Waals surface area contributed by atoms with Crippen LogP contribution in [0.15, 0.2) is 42.5 Å². The van der Waals surface area contributed by atoms with Crippen molar-refractivity contribution in [3.63, 3.8) is 0 Å². The number of hydrogen-bond acceptors (Lipinski definition) is 5. The fourth-order valence-electron chi connectivity index (χ4n) is 4.78. The lowest BCUT2D eigenvalue weighted by molar-refractivity contribution is -0.139. The Kier molecular flexibility index (Phi) is 6.90. The molecule has 0 aromatic heterocycles. The first-order chi connectivity index (χ1) is 18.0. The topological polar surface area (TPSA) is 84.0 Å². The number of carbonyl (C=O) groups is 4. The van der Waals surface area contributed by atoms with E-state index in [1.807, 2.05) is 32.0 Å². The Hall–Kier alpha value is -3.10. The zero-order chi connectivity index (χ0) is 27.5. The van der Waals surface area contributed by atoms with Gasteiger partial charge in [0.15, 0.2) is 0 Å². The van der Waals surface area contributed by atoms with Crippen LogP contribution in [0.5, 0.6) is 5.75 Å². The second kappa shape index (κ2) is 9.89. The van der Waals surface area contributed by atoms with E-state index in [-0.39, 0.29) is 61.5 Å². The van der Waals surface area contributed by atoms with E-state index in [0.717, 1.165) is 21.7 Å². The number of aryl methyl sites for hydroxylation is 2. The Bertz CT molecular complexity index is 1500. The van der Waals surface area contributed by atoms with Gasteiger partial charge in [-0.3, -0.25) is 19.2 Å². The fourth-order valence-corrected chi connectivity index (χ4v) is 5.80. The van der Waals surface area contributed by atoms with Crippen LogP contribution in [0.2, 0.25) is 20.1 Å². The summed E-state index contributed by atoms with van der Waals surface area (Å²) >= 11 is 24.6. The number of benzene rings is 3. The minimum atomic E-state index is -0.746. The van der Waals surface area contributed by atoms with E-state index in [9.17, 15) is 19.2 Å². The predicted octanol–water partition coefficient (Wildman–Crippen LogP) is 6.68. The second-order valence-corrected chi connectivity index (χ2v) is 10.5. The first-order valence-electron chi connectivity index (χ1n) is 11.4. The van der Waals surface area contributed by atoms with Crippen molar-refractivity contribution in [1.29, 1.82) is 0 Å². The lowest BCUT2D eigenvalue weighted by Crippen LogP contribution is -2.30. The number of anilines is 2.